The Hall–Kier alpha value is -0.0800. The summed E-state index contributed by atoms with van der Waals surface area (Å²) in [6.45, 7) is 11.8. The van der Waals surface area contributed by atoms with Crippen molar-refractivity contribution in [2.75, 3.05) is 6.61 Å². The third-order valence-corrected chi connectivity index (χ3v) is 4.95. The van der Waals surface area contributed by atoms with E-state index in [2.05, 4.69) is 20.8 Å². The van der Waals surface area contributed by atoms with E-state index in [0.717, 1.165) is 13.0 Å². The molecule has 2 nitrogen and oxygen atoms in total. The number of hydrogen-bond donors (Lipinski definition) is 0. The van der Waals surface area contributed by atoms with Crippen molar-refractivity contribution in [1.82, 2.24) is 0 Å². The van der Waals surface area contributed by atoms with Gasteiger partial charge in [-0.05, 0) is 32.1 Å². The van der Waals surface area contributed by atoms with Crippen LogP contribution in [0.2, 0.25) is 0 Å². The molecule has 0 bridgehead atoms. The first-order chi connectivity index (χ1) is 10.1. The first kappa shape index (κ1) is 20.9. The summed E-state index contributed by atoms with van der Waals surface area (Å²) in [6, 6.07) is 0. The van der Waals surface area contributed by atoms with Crippen LogP contribution in [0.5, 0.6) is 0 Å². The van der Waals surface area contributed by atoms with Gasteiger partial charge in [-0.2, -0.15) is 0 Å². The summed E-state index contributed by atoms with van der Waals surface area (Å²) in [5.41, 5.74) is 0.633. The molecule has 128 valence electrons. The summed E-state index contributed by atoms with van der Waals surface area (Å²) in [5, 5.41) is 0. The predicted molar refractivity (Wildman–Crippen MR) is 92.4 cm³/mol. The fourth-order valence-electron chi connectivity index (χ4n) is 3.01. The second-order valence-electron chi connectivity index (χ2n) is 6.75. The molecule has 0 unspecified atom stereocenters. The zero-order valence-electron chi connectivity index (χ0n) is 15.4. The van der Waals surface area contributed by atoms with Crippen molar-refractivity contribution >= 4 is 0 Å². The second kappa shape index (κ2) is 13.6. The summed E-state index contributed by atoms with van der Waals surface area (Å²) < 4.78 is 0. The van der Waals surface area contributed by atoms with Crippen LogP contribution in [0.15, 0.2) is 0 Å². The van der Waals surface area contributed by atoms with Gasteiger partial charge in [-0.25, -0.2) is 9.78 Å². The molecule has 0 spiro atoms. The molecule has 0 aliphatic carbocycles. The zero-order valence-corrected chi connectivity index (χ0v) is 15.4. The number of unbranched alkanes of at least 4 members (excludes halogenated alkanes) is 6. The minimum atomic E-state index is 0.173. The molecule has 0 aliphatic heterocycles. The number of rotatable bonds is 15. The smallest absolute Gasteiger partial charge is 0.0873 e. The Morgan fingerprint density at radius 2 is 1.19 bits per heavy atom. The minimum absolute atomic E-state index is 0.173. The third-order valence-electron chi connectivity index (χ3n) is 4.95. The molecule has 0 atom stereocenters. The Morgan fingerprint density at radius 1 is 0.714 bits per heavy atom. The van der Waals surface area contributed by atoms with Gasteiger partial charge < -0.3 is 0 Å². The lowest BCUT2D eigenvalue weighted by molar-refractivity contribution is -0.317. The first-order valence-corrected chi connectivity index (χ1v) is 9.38. The molecule has 0 saturated heterocycles. The van der Waals surface area contributed by atoms with E-state index in [9.17, 15) is 0 Å². The third kappa shape index (κ3) is 11.2. The van der Waals surface area contributed by atoms with Crippen LogP contribution in [-0.4, -0.2) is 12.7 Å². The van der Waals surface area contributed by atoms with Gasteiger partial charge in [0.25, 0.3) is 0 Å². The maximum Gasteiger partial charge on any atom is 0.0873 e. The van der Waals surface area contributed by atoms with E-state index < -0.39 is 0 Å². The van der Waals surface area contributed by atoms with Crippen LogP contribution >= 0.6 is 0 Å². The monoisotopic (exact) mass is 300 g/mol. The van der Waals surface area contributed by atoms with Crippen molar-refractivity contribution in [2.24, 2.45) is 5.41 Å². The van der Waals surface area contributed by atoms with Crippen LogP contribution in [0.3, 0.4) is 0 Å². The maximum atomic E-state index is 5.11. The lowest BCUT2D eigenvalue weighted by Gasteiger charge is -2.30. The average molecular weight is 301 g/mol. The van der Waals surface area contributed by atoms with E-state index in [-0.39, 0.29) is 6.10 Å². The van der Waals surface area contributed by atoms with Crippen LogP contribution in [-0.2, 0) is 9.78 Å². The summed E-state index contributed by atoms with van der Waals surface area (Å²) in [5.74, 6) is 0. The van der Waals surface area contributed by atoms with E-state index in [1.54, 1.807) is 0 Å². The van der Waals surface area contributed by atoms with Crippen LogP contribution in [0.1, 0.15) is 105 Å². The molecular weight excluding hydrogens is 260 g/mol. The lowest BCUT2D eigenvalue weighted by atomic mass is 9.75. The van der Waals surface area contributed by atoms with E-state index in [1.807, 2.05) is 13.8 Å². The van der Waals surface area contributed by atoms with E-state index in [0.29, 0.717) is 5.41 Å². The molecule has 0 aromatic carbocycles. The fraction of sp³-hybridized carbons (Fsp3) is 1.00. The molecule has 21 heavy (non-hydrogen) atoms. The van der Waals surface area contributed by atoms with Crippen molar-refractivity contribution in [1.29, 1.82) is 0 Å². The molecule has 0 saturated carbocycles. The molecule has 2 heteroatoms. The molecule has 0 fully saturated rings. The topological polar surface area (TPSA) is 18.5 Å². The molecule has 0 N–H and O–H groups in total. The van der Waals surface area contributed by atoms with Crippen molar-refractivity contribution < 1.29 is 9.78 Å². The van der Waals surface area contributed by atoms with Gasteiger partial charge in [-0.1, -0.05) is 78.6 Å². The standard InChI is InChI=1S/C19H40O2/c1-6-19(7-2,8-3)16-14-12-10-9-11-13-15-17-20-21-18(4)5/h18H,6-17H2,1-5H3. The van der Waals surface area contributed by atoms with Crippen molar-refractivity contribution in [3.05, 3.63) is 0 Å². The Kier molecular flexibility index (Phi) is 13.5. The highest BCUT2D eigenvalue weighted by molar-refractivity contribution is 4.74. The quantitative estimate of drug-likeness (QED) is 0.191. The molecule has 0 aliphatic rings. The summed E-state index contributed by atoms with van der Waals surface area (Å²) in [7, 11) is 0. The zero-order chi connectivity index (χ0) is 16.0. The maximum absolute atomic E-state index is 5.11. The van der Waals surface area contributed by atoms with Crippen LogP contribution in [0.4, 0.5) is 0 Å². The van der Waals surface area contributed by atoms with E-state index >= 15 is 0 Å². The van der Waals surface area contributed by atoms with Gasteiger partial charge in [0.05, 0.1) is 12.7 Å². The van der Waals surface area contributed by atoms with Crippen LogP contribution in [0, 0.1) is 5.41 Å². The lowest BCUT2D eigenvalue weighted by Crippen LogP contribution is -2.17. The van der Waals surface area contributed by atoms with Gasteiger partial charge >= 0.3 is 0 Å². The normalized spacial score (nSPS) is 12.3. The van der Waals surface area contributed by atoms with Gasteiger partial charge in [0.2, 0.25) is 0 Å². The largest absolute Gasteiger partial charge is 0.236 e. The fourth-order valence-corrected chi connectivity index (χ4v) is 3.01. The van der Waals surface area contributed by atoms with Gasteiger partial charge in [0.15, 0.2) is 0 Å². The Morgan fingerprint density at radius 3 is 1.67 bits per heavy atom. The Labute approximate surface area is 133 Å². The average Bonchev–Trinajstić information content (AvgIpc) is 2.49. The predicted octanol–water partition coefficient (Wildman–Crippen LogP) is 6.68. The van der Waals surface area contributed by atoms with Crippen molar-refractivity contribution in [3.63, 3.8) is 0 Å². The first-order valence-electron chi connectivity index (χ1n) is 9.38. The summed E-state index contributed by atoms with van der Waals surface area (Å²) in [4.78, 5) is 10.2. The number of hydrogen-bond acceptors (Lipinski definition) is 2. The summed E-state index contributed by atoms with van der Waals surface area (Å²) in [6.07, 6.45) is 15.0. The highest BCUT2D eigenvalue weighted by Gasteiger charge is 2.22. The molecule has 0 aromatic rings. The minimum Gasteiger partial charge on any atom is -0.236 e. The molecule has 0 radical (unpaired) electrons. The SMILES string of the molecule is CCC(CC)(CC)CCCCCCCCCOOC(C)C. The van der Waals surface area contributed by atoms with E-state index in [4.69, 9.17) is 9.78 Å². The van der Waals surface area contributed by atoms with Crippen molar-refractivity contribution in [2.45, 2.75) is 111 Å². The Balaban J connectivity index is 3.33. The van der Waals surface area contributed by atoms with Crippen LogP contribution < -0.4 is 0 Å². The van der Waals surface area contributed by atoms with Crippen LogP contribution in [0.25, 0.3) is 0 Å². The highest BCUT2D eigenvalue weighted by atomic mass is 17.2. The van der Waals surface area contributed by atoms with Gasteiger partial charge in [-0.3, -0.25) is 0 Å². The van der Waals surface area contributed by atoms with Crippen molar-refractivity contribution in [3.8, 4) is 0 Å². The van der Waals surface area contributed by atoms with Gasteiger partial charge in [-0.15, -0.1) is 0 Å². The molecule has 0 heterocycles. The Bertz CT molecular complexity index is 201. The van der Waals surface area contributed by atoms with Gasteiger partial charge in [0.1, 0.15) is 0 Å². The summed E-state index contributed by atoms with van der Waals surface area (Å²) >= 11 is 0. The van der Waals surface area contributed by atoms with E-state index in [1.165, 1.54) is 64.2 Å². The van der Waals surface area contributed by atoms with Gasteiger partial charge in [0, 0.05) is 0 Å². The molecular formula is C19H40O2. The second-order valence-corrected chi connectivity index (χ2v) is 6.75. The highest BCUT2D eigenvalue weighted by Crippen LogP contribution is 2.36. The molecule has 0 amide bonds. The molecule has 0 aromatic heterocycles. The molecule has 0 rings (SSSR count).